The van der Waals surface area contributed by atoms with Crippen LogP contribution >= 0.6 is 11.3 Å². The zero-order valence-electron chi connectivity index (χ0n) is 17.6. The van der Waals surface area contributed by atoms with Gasteiger partial charge in [0.2, 0.25) is 5.13 Å². The van der Waals surface area contributed by atoms with Gasteiger partial charge in [0, 0.05) is 31.7 Å². The number of nitrogens with zero attached hydrogens (tertiary/aromatic N) is 4. The molecule has 0 unspecified atom stereocenters. The molecule has 1 N–H and O–H groups in total. The SMILES string of the molecule is CCCN(C(=O)c1ccccc1F)c1nnc(-c2ccc(CN3CC(C(=O)O)C3)cc2)s1. The molecule has 4 rings (SSSR count). The summed E-state index contributed by atoms with van der Waals surface area (Å²) in [7, 11) is 0. The second kappa shape index (κ2) is 9.54. The molecular weight excluding hydrogens is 431 g/mol. The summed E-state index contributed by atoms with van der Waals surface area (Å²) in [5.41, 5.74) is 1.97. The standard InChI is InChI=1S/C23H23FN4O3S/c1-2-11-28(21(29)18-5-3-4-6-19(18)24)23-26-25-20(32-23)16-9-7-15(8-10-16)12-27-13-17(14-27)22(30)31/h3-10,17H,2,11-14H2,1H3,(H,30,31). The fourth-order valence-corrected chi connectivity index (χ4v) is 4.47. The van der Waals surface area contributed by atoms with E-state index in [0.29, 0.717) is 42.7 Å². The Bertz CT molecular complexity index is 1110. The first-order valence-electron chi connectivity index (χ1n) is 10.4. The van der Waals surface area contributed by atoms with Gasteiger partial charge >= 0.3 is 5.97 Å². The van der Waals surface area contributed by atoms with Crippen molar-refractivity contribution >= 4 is 28.3 Å². The van der Waals surface area contributed by atoms with Crippen LogP contribution in [0, 0.1) is 11.7 Å². The monoisotopic (exact) mass is 454 g/mol. The predicted molar refractivity (Wildman–Crippen MR) is 120 cm³/mol. The smallest absolute Gasteiger partial charge is 0.309 e. The van der Waals surface area contributed by atoms with Gasteiger partial charge in [0.05, 0.1) is 11.5 Å². The van der Waals surface area contributed by atoms with E-state index in [1.54, 1.807) is 12.1 Å². The number of carboxylic acids is 1. The Morgan fingerprint density at radius 2 is 1.88 bits per heavy atom. The van der Waals surface area contributed by atoms with Crippen LogP contribution < -0.4 is 4.90 Å². The average molecular weight is 455 g/mol. The molecule has 0 bridgehead atoms. The first kappa shape index (κ1) is 22.0. The quantitative estimate of drug-likeness (QED) is 0.555. The maximum Gasteiger partial charge on any atom is 0.309 e. The van der Waals surface area contributed by atoms with Crippen molar-refractivity contribution in [3.05, 3.63) is 65.5 Å². The first-order chi connectivity index (χ1) is 15.5. The van der Waals surface area contributed by atoms with Crippen molar-refractivity contribution in [1.82, 2.24) is 15.1 Å². The summed E-state index contributed by atoms with van der Waals surface area (Å²) in [4.78, 5) is 27.4. The highest BCUT2D eigenvalue weighted by atomic mass is 32.1. The van der Waals surface area contributed by atoms with Gasteiger partial charge in [-0.25, -0.2) is 4.39 Å². The minimum atomic E-state index is -0.741. The van der Waals surface area contributed by atoms with Crippen LogP contribution in [0.1, 0.15) is 29.3 Å². The van der Waals surface area contributed by atoms with Gasteiger partial charge in [0.1, 0.15) is 10.8 Å². The van der Waals surface area contributed by atoms with Crippen molar-refractivity contribution in [3.8, 4) is 10.6 Å². The zero-order chi connectivity index (χ0) is 22.7. The highest BCUT2D eigenvalue weighted by molar-refractivity contribution is 7.18. The third kappa shape index (κ3) is 4.68. The Labute approximate surface area is 189 Å². The molecule has 2 heterocycles. The van der Waals surface area contributed by atoms with Gasteiger partial charge in [0.15, 0.2) is 0 Å². The largest absolute Gasteiger partial charge is 0.481 e. The van der Waals surface area contributed by atoms with Gasteiger partial charge in [-0.15, -0.1) is 10.2 Å². The van der Waals surface area contributed by atoms with E-state index in [9.17, 15) is 14.0 Å². The molecule has 2 aromatic carbocycles. The summed E-state index contributed by atoms with van der Waals surface area (Å²) >= 11 is 1.29. The number of hydrogen-bond donors (Lipinski definition) is 1. The highest BCUT2D eigenvalue weighted by Crippen LogP contribution is 2.30. The van der Waals surface area contributed by atoms with Gasteiger partial charge in [0.25, 0.3) is 5.91 Å². The number of aliphatic carboxylic acids is 1. The van der Waals surface area contributed by atoms with E-state index in [-0.39, 0.29) is 11.5 Å². The number of amides is 1. The fourth-order valence-electron chi connectivity index (χ4n) is 3.60. The number of carboxylic acid groups (broad SMARTS) is 1. The van der Waals surface area contributed by atoms with Crippen molar-refractivity contribution in [2.75, 3.05) is 24.5 Å². The maximum absolute atomic E-state index is 14.1. The normalized spacial score (nSPS) is 14.2. The topological polar surface area (TPSA) is 86.6 Å². The lowest BCUT2D eigenvalue weighted by Gasteiger charge is -2.36. The van der Waals surface area contributed by atoms with Crippen molar-refractivity contribution < 1.29 is 19.1 Å². The predicted octanol–water partition coefficient (Wildman–Crippen LogP) is 3.92. The molecule has 1 aromatic heterocycles. The van der Waals surface area contributed by atoms with E-state index < -0.39 is 17.7 Å². The molecule has 0 spiro atoms. The van der Waals surface area contributed by atoms with E-state index >= 15 is 0 Å². The van der Waals surface area contributed by atoms with Crippen LogP contribution in [0.2, 0.25) is 0 Å². The number of hydrogen-bond acceptors (Lipinski definition) is 6. The molecule has 0 aliphatic carbocycles. The van der Waals surface area contributed by atoms with Gasteiger partial charge < -0.3 is 5.11 Å². The van der Waals surface area contributed by atoms with E-state index in [4.69, 9.17) is 5.11 Å². The molecule has 166 valence electrons. The number of carbonyl (C=O) groups excluding carboxylic acids is 1. The van der Waals surface area contributed by atoms with Crippen LogP contribution in [0.4, 0.5) is 9.52 Å². The first-order valence-corrected chi connectivity index (χ1v) is 11.2. The second-order valence-electron chi connectivity index (χ2n) is 7.75. The van der Waals surface area contributed by atoms with Gasteiger partial charge in [-0.2, -0.15) is 0 Å². The summed E-state index contributed by atoms with van der Waals surface area (Å²) in [6, 6.07) is 13.8. The Balaban J connectivity index is 1.46. The minimum Gasteiger partial charge on any atom is -0.481 e. The molecule has 0 radical (unpaired) electrons. The summed E-state index contributed by atoms with van der Waals surface area (Å²) in [5.74, 6) is -2.01. The average Bonchev–Trinajstić information content (AvgIpc) is 3.24. The number of rotatable bonds is 8. The van der Waals surface area contributed by atoms with E-state index in [1.807, 2.05) is 31.2 Å². The maximum atomic E-state index is 14.1. The van der Waals surface area contributed by atoms with Gasteiger partial charge in [-0.1, -0.05) is 54.7 Å². The van der Waals surface area contributed by atoms with E-state index in [0.717, 1.165) is 11.1 Å². The van der Waals surface area contributed by atoms with Gasteiger partial charge in [-0.05, 0) is 24.1 Å². The Morgan fingerprint density at radius 1 is 1.16 bits per heavy atom. The summed E-state index contributed by atoms with van der Waals surface area (Å²) in [6.07, 6.45) is 0.697. The molecular formula is C23H23FN4O3S. The van der Waals surface area contributed by atoms with Crippen LogP contribution in [0.15, 0.2) is 48.5 Å². The Morgan fingerprint density at radius 3 is 2.53 bits per heavy atom. The summed E-state index contributed by atoms with van der Waals surface area (Å²) in [5, 5.41) is 18.5. The number of benzene rings is 2. The van der Waals surface area contributed by atoms with Crippen LogP contribution in [0.25, 0.3) is 10.6 Å². The molecule has 9 heteroatoms. The third-order valence-corrected chi connectivity index (χ3v) is 6.35. The second-order valence-corrected chi connectivity index (χ2v) is 8.71. The summed E-state index contributed by atoms with van der Waals surface area (Å²) in [6.45, 7) is 4.19. The fraction of sp³-hybridized carbons (Fsp3) is 0.304. The number of aromatic nitrogens is 2. The molecule has 1 saturated heterocycles. The number of carbonyl (C=O) groups is 2. The van der Waals surface area contributed by atoms with E-state index in [1.165, 1.54) is 28.4 Å². The molecule has 1 amide bonds. The van der Waals surface area contributed by atoms with E-state index in [2.05, 4.69) is 15.1 Å². The molecule has 1 fully saturated rings. The molecule has 0 atom stereocenters. The van der Waals surface area contributed by atoms with Crippen molar-refractivity contribution in [3.63, 3.8) is 0 Å². The lowest BCUT2D eigenvalue weighted by Crippen LogP contribution is -2.49. The molecule has 32 heavy (non-hydrogen) atoms. The number of halogens is 1. The molecule has 0 saturated carbocycles. The van der Waals surface area contributed by atoms with Crippen molar-refractivity contribution in [1.29, 1.82) is 0 Å². The number of anilines is 1. The molecule has 1 aliphatic rings. The molecule has 7 nitrogen and oxygen atoms in total. The highest BCUT2D eigenvalue weighted by Gasteiger charge is 2.32. The molecule has 3 aromatic rings. The summed E-state index contributed by atoms with van der Waals surface area (Å²) < 4.78 is 14.1. The van der Waals surface area contributed by atoms with Crippen molar-refractivity contribution in [2.24, 2.45) is 5.92 Å². The molecule has 1 aliphatic heterocycles. The van der Waals surface area contributed by atoms with Crippen LogP contribution in [0.3, 0.4) is 0 Å². The Kier molecular flexibility index (Phi) is 6.57. The lowest BCUT2D eigenvalue weighted by atomic mass is 9.99. The third-order valence-electron chi connectivity index (χ3n) is 5.36. The number of likely N-dealkylation sites (tertiary alicyclic amines) is 1. The van der Waals surface area contributed by atoms with Crippen LogP contribution in [-0.2, 0) is 11.3 Å². The van der Waals surface area contributed by atoms with Gasteiger partial charge in [-0.3, -0.25) is 19.4 Å². The van der Waals surface area contributed by atoms with Crippen molar-refractivity contribution in [2.45, 2.75) is 19.9 Å². The van der Waals surface area contributed by atoms with Crippen LogP contribution in [-0.4, -0.2) is 51.7 Å². The minimum absolute atomic E-state index is 0.0122. The van der Waals surface area contributed by atoms with Crippen LogP contribution in [0.5, 0.6) is 0 Å². The lowest BCUT2D eigenvalue weighted by molar-refractivity contribution is -0.147. The Hall–Kier alpha value is -3.17. The zero-order valence-corrected chi connectivity index (χ0v) is 18.4.